The number of benzene rings is 7. The molecule has 0 saturated heterocycles. The second kappa shape index (κ2) is 22.2. The maximum absolute atomic E-state index is 11.3. The third kappa shape index (κ3) is 11.9. The standard InChI is InChI=1S/2C18H15P.C10H9N2O.2Au/c2*1-4-10-16(11-5-1)19(17-12-6-2-7-13-17)18-14-8-3-9-15-18;1-8-7-10(13)12(11-8)9-5-3-2-4-6-9;;/h2*1-15H;2-7H,1H3;;/q;;-1;;+1/p+2. The van der Waals surface area contributed by atoms with Crippen molar-refractivity contribution >= 4 is 47.7 Å². The molecule has 8 aromatic rings. The quantitative estimate of drug-likeness (QED) is 0.0938. The van der Waals surface area contributed by atoms with Crippen LogP contribution in [0.4, 0.5) is 0 Å². The first kappa shape index (κ1) is 41.6. The Morgan fingerprint density at radius 1 is 0.415 bits per heavy atom. The van der Waals surface area contributed by atoms with E-state index in [0.29, 0.717) is 0 Å². The van der Waals surface area contributed by atoms with E-state index >= 15 is 0 Å². The second-order valence-electron chi connectivity index (χ2n) is 11.8. The van der Waals surface area contributed by atoms with Gasteiger partial charge < -0.3 is 4.79 Å². The number of nitrogens with zero attached hydrogens (tertiary/aromatic N) is 2. The molecule has 7 aromatic carbocycles. The van der Waals surface area contributed by atoms with Gasteiger partial charge in [0.1, 0.15) is 37.4 Å². The molecule has 0 amide bonds. The minimum atomic E-state index is -0.877. The summed E-state index contributed by atoms with van der Waals surface area (Å²) in [5.41, 5.74) is 1.47. The molecule has 271 valence electrons. The molecule has 1 aromatic heterocycles. The summed E-state index contributed by atoms with van der Waals surface area (Å²) in [4.78, 5) is 11.3. The summed E-state index contributed by atoms with van der Waals surface area (Å²) >= 11 is 0. The van der Waals surface area contributed by atoms with E-state index in [-0.39, 0.29) is 50.3 Å². The summed E-state index contributed by atoms with van der Waals surface area (Å²) in [6, 6.07) is 75.9. The van der Waals surface area contributed by atoms with Gasteiger partial charge in [0.25, 0.3) is 0 Å². The van der Waals surface area contributed by atoms with Gasteiger partial charge in [-0.3, -0.25) is 6.07 Å². The summed E-state index contributed by atoms with van der Waals surface area (Å²) in [6.07, 6.45) is 0. The normalized spacial score (nSPS) is 10.1. The molecule has 0 aliphatic rings. The van der Waals surface area contributed by atoms with Crippen molar-refractivity contribution in [1.82, 2.24) is 9.78 Å². The fraction of sp³-hybridized carbons (Fsp3) is 0.0217. The predicted octanol–water partition coefficient (Wildman–Crippen LogP) is 7.61. The molecule has 0 bridgehead atoms. The monoisotopic (exact) mass is 1090 g/mol. The first-order valence-corrected chi connectivity index (χ1v) is 20.0. The largest absolute Gasteiger partial charge is 1.00 e. The molecule has 0 N–H and O–H groups in total. The molecule has 1 radical (unpaired) electrons. The van der Waals surface area contributed by atoms with E-state index in [4.69, 9.17) is 0 Å². The number of aromatic nitrogens is 2. The molecule has 53 heavy (non-hydrogen) atoms. The predicted molar refractivity (Wildman–Crippen MR) is 223 cm³/mol. The molecule has 1 heterocycles. The maximum Gasteiger partial charge on any atom is 1.00 e. The van der Waals surface area contributed by atoms with Crippen LogP contribution in [-0.4, -0.2) is 9.78 Å². The Morgan fingerprint density at radius 3 is 0.849 bits per heavy atom. The average molecular weight is 1090 g/mol. The average Bonchev–Trinajstić information content (AvgIpc) is 3.56. The van der Waals surface area contributed by atoms with Crippen LogP contribution in [0.3, 0.4) is 0 Å². The van der Waals surface area contributed by atoms with Crippen molar-refractivity contribution in [3.63, 3.8) is 0 Å². The van der Waals surface area contributed by atoms with Gasteiger partial charge in [-0.15, -0.1) is 0 Å². The van der Waals surface area contributed by atoms with Crippen LogP contribution >= 0.6 is 15.8 Å². The van der Waals surface area contributed by atoms with Crippen molar-refractivity contribution < 1.29 is 44.8 Å². The van der Waals surface area contributed by atoms with Crippen molar-refractivity contribution in [2.45, 2.75) is 6.92 Å². The number of rotatable bonds is 7. The molecular weight excluding hydrogens is 1050 g/mol. The van der Waals surface area contributed by atoms with Crippen LogP contribution < -0.4 is 37.4 Å². The van der Waals surface area contributed by atoms with Crippen molar-refractivity contribution in [3.05, 3.63) is 234 Å². The SMILES string of the molecule is Cc1[cH-]c(=O)n(-c2ccccc2)n1.[Au+].[Au].c1ccc([PH+](c2ccccc2)c2ccccc2)cc1.c1ccc([PH+](c2ccccc2)c2ccccc2)cc1. The van der Waals surface area contributed by atoms with Crippen LogP contribution in [-0.2, 0) is 44.8 Å². The molecular formula is C46H41Au2N2OP2+2. The number of hydrogen-bond acceptors (Lipinski definition) is 2. The molecule has 7 heteroatoms. The summed E-state index contributed by atoms with van der Waals surface area (Å²) in [5, 5.41) is 12.7. The Morgan fingerprint density at radius 2 is 0.642 bits per heavy atom. The molecule has 0 fully saturated rings. The number of hydrogen-bond donors (Lipinski definition) is 0. The molecule has 0 saturated carbocycles. The number of para-hydroxylation sites is 1. The van der Waals surface area contributed by atoms with E-state index in [9.17, 15) is 4.79 Å². The Labute approximate surface area is 346 Å². The smallest absolute Gasteiger partial charge is 0.308 e. The molecule has 0 unspecified atom stereocenters. The molecule has 0 aliphatic heterocycles. The van der Waals surface area contributed by atoms with Gasteiger partial charge in [-0.05, 0) is 84.9 Å². The molecule has 0 atom stereocenters. The first-order valence-electron chi connectivity index (χ1n) is 17.0. The third-order valence-electron chi connectivity index (χ3n) is 8.17. The van der Waals surface area contributed by atoms with Crippen molar-refractivity contribution in [3.8, 4) is 5.69 Å². The Kier molecular flexibility index (Phi) is 17.4. The van der Waals surface area contributed by atoms with Crippen LogP contribution in [0.2, 0.25) is 0 Å². The first-order chi connectivity index (χ1) is 25.2. The van der Waals surface area contributed by atoms with Gasteiger partial charge in [-0.1, -0.05) is 140 Å². The van der Waals surface area contributed by atoms with Crippen LogP contribution in [0.25, 0.3) is 5.69 Å². The summed E-state index contributed by atoms with van der Waals surface area (Å²) in [7, 11) is -1.75. The van der Waals surface area contributed by atoms with Gasteiger partial charge in [0.2, 0.25) is 0 Å². The second-order valence-corrected chi connectivity index (χ2v) is 16.8. The molecule has 0 aliphatic carbocycles. The van der Waals surface area contributed by atoms with E-state index in [2.05, 4.69) is 187 Å². The van der Waals surface area contributed by atoms with Crippen LogP contribution in [0.5, 0.6) is 0 Å². The van der Waals surface area contributed by atoms with Gasteiger partial charge in [-0.25, -0.2) is 9.78 Å². The van der Waals surface area contributed by atoms with E-state index < -0.39 is 15.8 Å². The van der Waals surface area contributed by atoms with Crippen LogP contribution in [0, 0.1) is 6.92 Å². The molecule has 0 spiro atoms. The summed E-state index contributed by atoms with van der Waals surface area (Å²) in [5.74, 6) is 0. The zero-order chi connectivity index (χ0) is 35.1. The van der Waals surface area contributed by atoms with E-state index in [1.54, 1.807) is 6.92 Å². The molecule has 3 nitrogen and oxygen atoms in total. The Bertz CT molecular complexity index is 1920. The molecule has 8 rings (SSSR count). The van der Waals surface area contributed by atoms with Crippen molar-refractivity contribution in [2.24, 2.45) is 0 Å². The Hall–Kier alpha value is -4.11. The summed E-state index contributed by atoms with van der Waals surface area (Å²) in [6.45, 7) is 1.81. The van der Waals surface area contributed by atoms with Gasteiger partial charge in [0.05, 0.1) is 21.5 Å². The fourth-order valence-electron chi connectivity index (χ4n) is 5.86. The van der Waals surface area contributed by atoms with Crippen LogP contribution in [0.15, 0.2) is 223 Å². The van der Waals surface area contributed by atoms with Gasteiger partial charge in [0.15, 0.2) is 0 Å². The Balaban J connectivity index is 0.000000178. The van der Waals surface area contributed by atoms with E-state index in [0.717, 1.165) is 11.4 Å². The van der Waals surface area contributed by atoms with E-state index in [1.807, 2.05) is 30.3 Å². The van der Waals surface area contributed by atoms with Gasteiger partial charge >= 0.3 is 22.4 Å². The minimum Gasteiger partial charge on any atom is -0.308 e. The van der Waals surface area contributed by atoms with Crippen molar-refractivity contribution in [2.75, 3.05) is 0 Å². The van der Waals surface area contributed by atoms with Gasteiger partial charge in [-0.2, -0.15) is 0 Å². The van der Waals surface area contributed by atoms with Gasteiger partial charge in [0, 0.05) is 22.4 Å². The fourth-order valence-corrected chi connectivity index (χ4v) is 11.0. The zero-order valence-electron chi connectivity index (χ0n) is 29.2. The maximum atomic E-state index is 11.3. The zero-order valence-corrected chi connectivity index (χ0v) is 35.5. The summed E-state index contributed by atoms with van der Waals surface area (Å²) < 4.78 is 1.40. The van der Waals surface area contributed by atoms with Crippen LogP contribution in [0.1, 0.15) is 5.69 Å². The minimum absolute atomic E-state index is 0. The van der Waals surface area contributed by atoms with Crippen molar-refractivity contribution in [1.29, 1.82) is 0 Å². The third-order valence-corrected chi connectivity index (χ3v) is 13.6. The van der Waals surface area contributed by atoms with E-state index in [1.165, 1.54) is 42.6 Å². The number of aryl methyl sites for hydroxylation is 1. The topological polar surface area (TPSA) is 34.9 Å².